The minimum atomic E-state index is 0.677. The van der Waals surface area contributed by atoms with Gasteiger partial charge in [-0.05, 0) is 30.7 Å². The molecule has 0 saturated carbocycles. The molecule has 5 nitrogen and oxygen atoms in total. The topological polar surface area (TPSA) is 44.3 Å². The van der Waals surface area contributed by atoms with Gasteiger partial charge in [0.15, 0.2) is 0 Å². The Hall–Kier alpha value is -2.79. The molecular formula is C22H24ClN5. The highest BCUT2D eigenvalue weighted by molar-refractivity contribution is 6.30. The van der Waals surface area contributed by atoms with Crippen LogP contribution in [0.3, 0.4) is 0 Å². The van der Waals surface area contributed by atoms with Crippen LogP contribution in [0.1, 0.15) is 11.3 Å². The highest BCUT2D eigenvalue weighted by Gasteiger charge is 2.19. The number of piperazine rings is 1. The van der Waals surface area contributed by atoms with Gasteiger partial charge in [-0.15, -0.1) is 0 Å². The second-order valence-corrected chi connectivity index (χ2v) is 7.42. The van der Waals surface area contributed by atoms with E-state index in [0.29, 0.717) is 12.5 Å². The molecule has 3 aromatic rings. The summed E-state index contributed by atoms with van der Waals surface area (Å²) in [6, 6.07) is 20.4. The van der Waals surface area contributed by atoms with E-state index in [4.69, 9.17) is 16.6 Å². The van der Waals surface area contributed by atoms with Gasteiger partial charge in [0.25, 0.3) is 0 Å². The number of rotatable bonds is 5. The van der Waals surface area contributed by atoms with E-state index in [0.717, 1.165) is 42.7 Å². The highest BCUT2D eigenvalue weighted by atomic mass is 35.5. The van der Waals surface area contributed by atoms with Crippen molar-refractivity contribution in [3.63, 3.8) is 0 Å². The first kappa shape index (κ1) is 18.6. The van der Waals surface area contributed by atoms with Crippen molar-refractivity contribution in [2.45, 2.75) is 13.5 Å². The maximum atomic E-state index is 6.14. The zero-order chi connectivity index (χ0) is 19.3. The fraction of sp³-hybridized carbons (Fsp3) is 0.273. The fourth-order valence-corrected chi connectivity index (χ4v) is 3.62. The third kappa shape index (κ3) is 4.54. The van der Waals surface area contributed by atoms with E-state index in [-0.39, 0.29) is 0 Å². The van der Waals surface area contributed by atoms with Gasteiger partial charge in [-0.1, -0.05) is 48.0 Å². The quantitative estimate of drug-likeness (QED) is 0.697. The second kappa shape index (κ2) is 8.48. The van der Waals surface area contributed by atoms with Crippen LogP contribution in [0.25, 0.3) is 0 Å². The summed E-state index contributed by atoms with van der Waals surface area (Å²) in [5, 5.41) is 4.13. The molecule has 2 heterocycles. The van der Waals surface area contributed by atoms with E-state index in [1.807, 2.05) is 43.3 Å². The summed E-state index contributed by atoms with van der Waals surface area (Å²) in [5.41, 5.74) is 3.36. The number of hydrogen-bond acceptors (Lipinski definition) is 5. The molecule has 1 fully saturated rings. The molecule has 0 bridgehead atoms. The van der Waals surface area contributed by atoms with Crippen molar-refractivity contribution in [2.75, 3.05) is 41.3 Å². The number of anilines is 3. The largest absolute Gasteiger partial charge is 0.368 e. The van der Waals surface area contributed by atoms with Crippen molar-refractivity contribution < 1.29 is 0 Å². The van der Waals surface area contributed by atoms with Gasteiger partial charge >= 0.3 is 0 Å². The Morgan fingerprint density at radius 3 is 2.39 bits per heavy atom. The van der Waals surface area contributed by atoms with Gasteiger partial charge in [-0.2, -0.15) is 4.98 Å². The predicted octanol–water partition coefficient (Wildman–Crippen LogP) is 4.38. The lowest BCUT2D eigenvalue weighted by molar-refractivity contribution is 0.646. The highest BCUT2D eigenvalue weighted by Crippen LogP contribution is 2.23. The molecular weight excluding hydrogens is 370 g/mol. The van der Waals surface area contributed by atoms with Crippen molar-refractivity contribution in [1.82, 2.24) is 9.97 Å². The van der Waals surface area contributed by atoms with Gasteiger partial charge in [0.05, 0.1) is 0 Å². The SMILES string of the molecule is Cc1cc(N2CCN(c3cccc(Cl)c3)CC2)nc(NCc2ccccc2)n1. The lowest BCUT2D eigenvalue weighted by Gasteiger charge is -2.37. The molecule has 6 heteroatoms. The van der Waals surface area contributed by atoms with Crippen molar-refractivity contribution >= 4 is 29.1 Å². The first-order valence-electron chi connectivity index (χ1n) is 9.56. The van der Waals surface area contributed by atoms with Crippen molar-refractivity contribution in [2.24, 2.45) is 0 Å². The molecule has 1 aromatic heterocycles. The Morgan fingerprint density at radius 2 is 1.64 bits per heavy atom. The van der Waals surface area contributed by atoms with Crippen molar-refractivity contribution in [3.05, 3.63) is 76.9 Å². The summed E-state index contributed by atoms with van der Waals surface area (Å²) >= 11 is 6.14. The summed E-state index contributed by atoms with van der Waals surface area (Å²) in [6.07, 6.45) is 0. The molecule has 1 saturated heterocycles. The smallest absolute Gasteiger partial charge is 0.225 e. The molecule has 28 heavy (non-hydrogen) atoms. The first-order valence-corrected chi connectivity index (χ1v) is 9.94. The molecule has 1 aliphatic rings. The monoisotopic (exact) mass is 393 g/mol. The molecule has 1 N–H and O–H groups in total. The average molecular weight is 394 g/mol. The van der Waals surface area contributed by atoms with E-state index in [1.54, 1.807) is 0 Å². The zero-order valence-corrected chi connectivity index (χ0v) is 16.7. The van der Waals surface area contributed by atoms with Crippen molar-refractivity contribution in [1.29, 1.82) is 0 Å². The maximum Gasteiger partial charge on any atom is 0.225 e. The Labute approximate surface area is 171 Å². The maximum absolute atomic E-state index is 6.14. The summed E-state index contributed by atoms with van der Waals surface area (Å²) in [7, 11) is 0. The molecule has 0 atom stereocenters. The van der Waals surface area contributed by atoms with E-state index in [9.17, 15) is 0 Å². The van der Waals surface area contributed by atoms with Gasteiger partial charge in [-0.25, -0.2) is 4.98 Å². The lowest BCUT2D eigenvalue weighted by Crippen LogP contribution is -2.46. The van der Waals surface area contributed by atoms with Gasteiger partial charge in [0.2, 0.25) is 5.95 Å². The van der Waals surface area contributed by atoms with Crippen LogP contribution in [0.5, 0.6) is 0 Å². The average Bonchev–Trinajstić information content (AvgIpc) is 2.73. The second-order valence-electron chi connectivity index (χ2n) is 6.98. The molecule has 0 amide bonds. The standard InChI is InChI=1S/C22H24ClN5/c1-17-14-21(26-22(25-17)24-16-18-6-3-2-4-7-18)28-12-10-27(11-13-28)20-9-5-8-19(23)15-20/h2-9,14-15H,10-13,16H2,1H3,(H,24,25,26). The van der Waals surface area contributed by atoms with E-state index < -0.39 is 0 Å². The van der Waals surface area contributed by atoms with Gasteiger partial charge in [-0.3, -0.25) is 0 Å². The minimum Gasteiger partial charge on any atom is -0.368 e. The number of hydrogen-bond donors (Lipinski definition) is 1. The van der Waals surface area contributed by atoms with Crippen LogP contribution in [0.15, 0.2) is 60.7 Å². The first-order chi connectivity index (χ1) is 13.7. The number of aromatic nitrogens is 2. The van der Waals surface area contributed by atoms with Crippen LogP contribution < -0.4 is 15.1 Å². The number of benzene rings is 2. The van der Waals surface area contributed by atoms with Crippen molar-refractivity contribution in [3.8, 4) is 0 Å². The van der Waals surface area contributed by atoms with Gasteiger partial charge in [0, 0.05) is 55.2 Å². The third-order valence-electron chi connectivity index (χ3n) is 4.91. The van der Waals surface area contributed by atoms with Gasteiger partial charge in [0.1, 0.15) is 5.82 Å². The molecule has 0 spiro atoms. The van der Waals surface area contributed by atoms with E-state index in [2.05, 4.69) is 44.4 Å². The van der Waals surface area contributed by atoms with Crippen LogP contribution in [0.2, 0.25) is 5.02 Å². The number of halogens is 1. The Morgan fingerprint density at radius 1 is 0.893 bits per heavy atom. The third-order valence-corrected chi connectivity index (χ3v) is 5.15. The molecule has 2 aromatic carbocycles. The van der Waals surface area contributed by atoms with E-state index in [1.165, 1.54) is 11.3 Å². The lowest BCUT2D eigenvalue weighted by atomic mass is 10.2. The number of nitrogens with one attached hydrogen (secondary N) is 1. The number of aryl methyl sites for hydroxylation is 1. The van der Waals surface area contributed by atoms with Crippen LogP contribution in [-0.2, 0) is 6.54 Å². The summed E-state index contributed by atoms with van der Waals surface area (Å²) < 4.78 is 0. The summed E-state index contributed by atoms with van der Waals surface area (Å²) in [6.45, 7) is 6.45. The van der Waals surface area contributed by atoms with Crippen LogP contribution >= 0.6 is 11.6 Å². The summed E-state index contributed by atoms with van der Waals surface area (Å²) in [4.78, 5) is 14.0. The minimum absolute atomic E-state index is 0.677. The molecule has 0 unspecified atom stereocenters. The van der Waals surface area contributed by atoms with Crippen LogP contribution in [0.4, 0.5) is 17.5 Å². The fourth-order valence-electron chi connectivity index (χ4n) is 3.44. The zero-order valence-electron chi connectivity index (χ0n) is 16.0. The molecule has 0 aliphatic carbocycles. The normalized spacial score (nSPS) is 14.2. The molecule has 144 valence electrons. The molecule has 0 radical (unpaired) electrons. The Kier molecular flexibility index (Phi) is 5.63. The molecule has 4 rings (SSSR count). The Bertz CT molecular complexity index is 923. The van der Waals surface area contributed by atoms with Crippen LogP contribution in [-0.4, -0.2) is 36.1 Å². The van der Waals surface area contributed by atoms with E-state index >= 15 is 0 Å². The van der Waals surface area contributed by atoms with Crippen LogP contribution in [0, 0.1) is 6.92 Å². The summed E-state index contributed by atoms with van der Waals surface area (Å²) in [5.74, 6) is 1.66. The molecule has 1 aliphatic heterocycles. The Balaban J connectivity index is 1.41. The van der Waals surface area contributed by atoms with Gasteiger partial charge < -0.3 is 15.1 Å². The predicted molar refractivity (Wildman–Crippen MR) is 116 cm³/mol. The number of nitrogens with zero attached hydrogens (tertiary/aromatic N) is 4.